The van der Waals surface area contributed by atoms with Gasteiger partial charge in [-0.15, -0.1) is 0 Å². The lowest BCUT2D eigenvalue weighted by atomic mass is 10.3. The van der Waals surface area contributed by atoms with Crippen LogP contribution in [0.5, 0.6) is 0 Å². The van der Waals surface area contributed by atoms with Crippen LogP contribution in [-0.4, -0.2) is 40.4 Å². The molecule has 1 aliphatic heterocycles. The van der Waals surface area contributed by atoms with Crippen LogP contribution in [0.2, 0.25) is 5.02 Å². The normalized spacial score (nSPS) is 13.8. The van der Waals surface area contributed by atoms with Crippen molar-refractivity contribution in [2.75, 3.05) is 24.7 Å². The molecule has 4 rings (SSSR count). The minimum Gasteiger partial charge on any atom is -0.494 e. The molecule has 0 N–H and O–H groups in total. The molecule has 0 fully saturated rings. The van der Waals surface area contributed by atoms with E-state index in [0.717, 1.165) is 4.70 Å². The Morgan fingerprint density at radius 1 is 1.35 bits per heavy atom. The molecule has 2 aromatic heterocycles. The van der Waals surface area contributed by atoms with Gasteiger partial charge in [-0.05, 0) is 18.2 Å². The lowest BCUT2D eigenvalue weighted by Gasteiger charge is -2.23. The van der Waals surface area contributed by atoms with Gasteiger partial charge in [0.05, 0.1) is 16.3 Å². The van der Waals surface area contributed by atoms with E-state index in [1.54, 1.807) is 21.8 Å². The number of anilines is 1. The third-order valence-electron chi connectivity index (χ3n) is 3.81. The molecule has 0 spiro atoms. The molecule has 0 saturated heterocycles. The number of hydrogen-bond acceptors (Lipinski definition) is 6. The van der Waals surface area contributed by atoms with Crippen LogP contribution in [0.25, 0.3) is 10.2 Å². The maximum atomic E-state index is 13.0. The summed E-state index contributed by atoms with van der Waals surface area (Å²) in [5, 5.41) is 5.29. The number of aromatic nitrogens is 3. The number of carbonyl (C=O) groups is 1. The molecular weight excluding hydrogens is 376 g/mol. The number of thiazole rings is 1. The maximum Gasteiger partial charge on any atom is 0.298 e. The van der Waals surface area contributed by atoms with Gasteiger partial charge >= 0.3 is 0 Å². The molecule has 0 atom stereocenters. The van der Waals surface area contributed by atoms with E-state index in [-0.39, 0.29) is 11.7 Å². The summed E-state index contributed by atoms with van der Waals surface area (Å²) in [7, 11) is 0. The quantitative estimate of drug-likeness (QED) is 0.669. The Morgan fingerprint density at radius 3 is 3.00 bits per heavy atom. The zero-order valence-electron chi connectivity index (χ0n) is 13.7. The Kier molecular flexibility index (Phi) is 4.77. The summed E-state index contributed by atoms with van der Waals surface area (Å²) in [6.45, 7) is 1.69. The summed E-state index contributed by atoms with van der Waals surface area (Å²) in [4.78, 5) is 19.1. The van der Waals surface area contributed by atoms with Gasteiger partial charge in [0.2, 0.25) is 5.76 Å². The molecule has 1 aromatic carbocycles. The molecule has 7 nitrogen and oxygen atoms in total. The largest absolute Gasteiger partial charge is 0.494 e. The first-order valence-corrected chi connectivity index (χ1v) is 9.21. The van der Waals surface area contributed by atoms with Gasteiger partial charge in [-0.3, -0.25) is 14.4 Å². The fourth-order valence-corrected chi connectivity index (χ4v) is 3.84. The highest BCUT2D eigenvalue weighted by Gasteiger charge is 2.26. The van der Waals surface area contributed by atoms with Crippen molar-refractivity contribution in [3.05, 3.63) is 53.7 Å². The average Bonchev–Trinajstić information content (AvgIpc) is 3.33. The second kappa shape index (κ2) is 7.35. The minimum atomic E-state index is -0.299. The van der Waals surface area contributed by atoms with Crippen LogP contribution in [0, 0.1) is 0 Å². The smallest absolute Gasteiger partial charge is 0.298 e. The molecule has 0 radical (unpaired) electrons. The fraction of sp³-hybridized carbons (Fsp3) is 0.235. The first kappa shape index (κ1) is 16.9. The van der Waals surface area contributed by atoms with Crippen molar-refractivity contribution in [3.8, 4) is 0 Å². The Bertz CT molecular complexity index is 954. The van der Waals surface area contributed by atoms with E-state index >= 15 is 0 Å². The van der Waals surface area contributed by atoms with E-state index in [4.69, 9.17) is 21.1 Å². The molecule has 0 bridgehead atoms. The van der Waals surface area contributed by atoms with Crippen molar-refractivity contribution in [1.82, 2.24) is 14.8 Å². The van der Waals surface area contributed by atoms with Crippen LogP contribution in [0.1, 0.15) is 0 Å². The highest BCUT2D eigenvalue weighted by Crippen LogP contribution is 2.33. The standard InChI is InChI=1S/C17H15ClN4O3S/c18-12-3-1-4-14-15(12)20-17(26-14)22(8-7-21-6-2-5-19-21)16(23)13-11-24-9-10-25-13/h1-6,11H,7-10H2. The zero-order valence-corrected chi connectivity index (χ0v) is 15.2. The summed E-state index contributed by atoms with van der Waals surface area (Å²) in [6, 6.07) is 7.41. The van der Waals surface area contributed by atoms with E-state index in [0.29, 0.717) is 42.0 Å². The molecule has 134 valence electrons. The summed E-state index contributed by atoms with van der Waals surface area (Å²) in [6.07, 6.45) is 4.90. The molecule has 9 heteroatoms. The molecule has 3 aromatic rings. The molecule has 0 unspecified atom stereocenters. The van der Waals surface area contributed by atoms with E-state index in [1.807, 2.05) is 24.4 Å². The number of rotatable bonds is 5. The molecule has 1 amide bonds. The summed E-state index contributed by atoms with van der Waals surface area (Å²) < 4.78 is 13.4. The third-order valence-corrected chi connectivity index (χ3v) is 5.15. The van der Waals surface area contributed by atoms with Gasteiger partial charge in [-0.25, -0.2) is 4.98 Å². The number of para-hydroxylation sites is 1. The van der Waals surface area contributed by atoms with Crippen LogP contribution >= 0.6 is 22.9 Å². The predicted molar refractivity (Wildman–Crippen MR) is 99.2 cm³/mol. The topological polar surface area (TPSA) is 69.5 Å². The van der Waals surface area contributed by atoms with Crippen molar-refractivity contribution >= 4 is 44.2 Å². The molecule has 0 saturated carbocycles. The molecule has 1 aliphatic rings. The van der Waals surface area contributed by atoms with Crippen molar-refractivity contribution in [2.45, 2.75) is 6.54 Å². The van der Waals surface area contributed by atoms with E-state index in [9.17, 15) is 4.79 Å². The second-order valence-electron chi connectivity index (χ2n) is 5.51. The first-order chi connectivity index (χ1) is 12.7. The van der Waals surface area contributed by atoms with Crippen molar-refractivity contribution in [1.29, 1.82) is 0 Å². The van der Waals surface area contributed by atoms with Crippen LogP contribution in [0.4, 0.5) is 5.13 Å². The van der Waals surface area contributed by atoms with Gasteiger partial charge in [-0.2, -0.15) is 5.10 Å². The number of halogens is 1. The van der Waals surface area contributed by atoms with Crippen LogP contribution < -0.4 is 4.90 Å². The Labute approximate surface area is 158 Å². The van der Waals surface area contributed by atoms with Crippen molar-refractivity contribution in [2.24, 2.45) is 0 Å². The highest BCUT2D eigenvalue weighted by atomic mass is 35.5. The average molecular weight is 391 g/mol. The summed E-state index contributed by atoms with van der Waals surface area (Å²) >= 11 is 7.64. The first-order valence-electron chi connectivity index (χ1n) is 8.01. The number of hydrogen-bond donors (Lipinski definition) is 0. The number of fused-ring (bicyclic) bond motifs is 1. The van der Waals surface area contributed by atoms with Gasteiger partial charge in [0.15, 0.2) is 5.13 Å². The number of benzene rings is 1. The summed E-state index contributed by atoms with van der Waals surface area (Å²) in [5.41, 5.74) is 0.681. The monoisotopic (exact) mass is 390 g/mol. The van der Waals surface area contributed by atoms with Gasteiger partial charge in [0.1, 0.15) is 25.0 Å². The van der Waals surface area contributed by atoms with E-state index in [1.165, 1.54) is 17.6 Å². The minimum absolute atomic E-state index is 0.169. The summed E-state index contributed by atoms with van der Waals surface area (Å²) in [5.74, 6) is -0.130. The highest BCUT2D eigenvalue weighted by molar-refractivity contribution is 7.22. The van der Waals surface area contributed by atoms with Crippen molar-refractivity contribution in [3.63, 3.8) is 0 Å². The molecule has 26 heavy (non-hydrogen) atoms. The molecule has 3 heterocycles. The van der Waals surface area contributed by atoms with Gasteiger partial charge in [0.25, 0.3) is 5.91 Å². The Morgan fingerprint density at radius 2 is 2.27 bits per heavy atom. The Balaban J connectivity index is 1.67. The number of nitrogens with zero attached hydrogens (tertiary/aromatic N) is 4. The number of amides is 1. The van der Waals surface area contributed by atoms with E-state index in [2.05, 4.69) is 10.1 Å². The van der Waals surface area contributed by atoms with Crippen LogP contribution in [-0.2, 0) is 20.8 Å². The van der Waals surface area contributed by atoms with Gasteiger partial charge in [-0.1, -0.05) is 29.0 Å². The zero-order chi connectivity index (χ0) is 17.9. The lowest BCUT2D eigenvalue weighted by Crippen LogP contribution is -2.36. The fourth-order valence-electron chi connectivity index (χ4n) is 2.55. The van der Waals surface area contributed by atoms with Crippen LogP contribution in [0.15, 0.2) is 48.7 Å². The molecular formula is C17H15ClN4O3S. The van der Waals surface area contributed by atoms with E-state index < -0.39 is 0 Å². The third kappa shape index (κ3) is 3.38. The van der Waals surface area contributed by atoms with Gasteiger partial charge in [0, 0.05) is 18.9 Å². The Hall–Kier alpha value is -2.58. The maximum absolute atomic E-state index is 13.0. The van der Waals surface area contributed by atoms with Gasteiger partial charge < -0.3 is 9.47 Å². The number of carbonyl (C=O) groups excluding carboxylic acids is 1. The molecule has 0 aliphatic carbocycles. The number of ether oxygens (including phenoxy) is 2. The van der Waals surface area contributed by atoms with Crippen LogP contribution in [0.3, 0.4) is 0 Å². The SMILES string of the molecule is O=C(C1=COCCO1)N(CCn1cccn1)c1nc2c(Cl)cccc2s1. The lowest BCUT2D eigenvalue weighted by molar-refractivity contribution is -0.119. The second-order valence-corrected chi connectivity index (χ2v) is 6.93. The van der Waals surface area contributed by atoms with Crippen molar-refractivity contribution < 1.29 is 14.3 Å². The predicted octanol–water partition coefficient (Wildman–Crippen LogP) is 3.07.